The summed E-state index contributed by atoms with van der Waals surface area (Å²) in [5, 5.41) is 0. The van der Waals surface area contributed by atoms with E-state index >= 15 is 0 Å². The van der Waals surface area contributed by atoms with Crippen molar-refractivity contribution in [3.63, 3.8) is 0 Å². The van der Waals surface area contributed by atoms with Gasteiger partial charge in [-0.25, -0.2) is 14.4 Å². The molecule has 0 radical (unpaired) electrons. The third-order valence-electron chi connectivity index (χ3n) is 5.27. The average molecular weight is 406 g/mol. The number of nitrogens with zero attached hydrogens (tertiary/aromatic N) is 4. The van der Waals surface area contributed by atoms with Crippen LogP contribution in [0.15, 0.2) is 60.9 Å². The SMILES string of the molecule is Cc1ccccc1C(=O)N1CCN(c2cc(Oc3ccccc3F)ncn2)C[C@H]1C. The molecule has 0 N–H and O–H groups in total. The van der Waals surface area contributed by atoms with Crippen molar-refractivity contribution in [1.82, 2.24) is 14.9 Å². The van der Waals surface area contributed by atoms with Crippen LogP contribution in [-0.2, 0) is 0 Å². The van der Waals surface area contributed by atoms with Crippen molar-refractivity contribution in [1.29, 1.82) is 0 Å². The molecule has 154 valence electrons. The quantitative estimate of drug-likeness (QED) is 0.654. The van der Waals surface area contributed by atoms with Crippen molar-refractivity contribution in [2.45, 2.75) is 19.9 Å². The van der Waals surface area contributed by atoms with E-state index in [2.05, 4.69) is 14.9 Å². The third kappa shape index (κ3) is 4.10. The van der Waals surface area contributed by atoms with Gasteiger partial charge in [-0.1, -0.05) is 30.3 Å². The Morgan fingerprint density at radius 2 is 1.87 bits per heavy atom. The molecule has 1 aliphatic heterocycles. The Labute approximate surface area is 174 Å². The van der Waals surface area contributed by atoms with Gasteiger partial charge < -0.3 is 14.5 Å². The highest BCUT2D eigenvalue weighted by Crippen LogP contribution is 2.26. The van der Waals surface area contributed by atoms with Crippen LogP contribution in [0, 0.1) is 12.7 Å². The molecule has 1 aliphatic rings. The summed E-state index contributed by atoms with van der Waals surface area (Å²) in [4.78, 5) is 25.4. The lowest BCUT2D eigenvalue weighted by Gasteiger charge is -2.40. The normalized spacial score (nSPS) is 16.4. The fraction of sp³-hybridized carbons (Fsp3) is 0.261. The second-order valence-electron chi connectivity index (χ2n) is 7.36. The Balaban J connectivity index is 1.46. The number of anilines is 1. The van der Waals surface area contributed by atoms with Gasteiger partial charge in [-0.2, -0.15) is 0 Å². The number of ether oxygens (including phenoxy) is 1. The van der Waals surface area contributed by atoms with Gasteiger partial charge in [0.25, 0.3) is 5.91 Å². The minimum atomic E-state index is -0.449. The van der Waals surface area contributed by atoms with Gasteiger partial charge in [0.05, 0.1) is 0 Å². The minimum Gasteiger partial charge on any atom is -0.436 e. The zero-order valence-corrected chi connectivity index (χ0v) is 17.0. The smallest absolute Gasteiger partial charge is 0.254 e. The molecule has 1 saturated heterocycles. The standard InChI is InChI=1S/C23H23FN4O2/c1-16-7-3-4-8-18(16)23(29)28-12-11-27(14-17(28)2)21-13-22(26-15-25-21)30-20-10-6-5-9-19(20)24/h3-10,13,15,17H,11-12,14H2,1-2H3/t17-/m1/s1. The third-order valence-corrected chi connectivity index (χ3v) is 5.27. The lowest BCUT2D eigenvalue weighted by Crippen LogP contribution is -2.54. The molecular formula is C23H23FN4O2. The number of carbonyl (C=O) groups is 1. The van der Waals surface area contributed by atoms with Crippen LogP contribution in [0.2, 0.25) is 0 Å². The maximum Gasteiger partial charge on any atom is 0.254 e. The van der Waals surface area contributed by atoms with Crippen LogP contribution in [0.3, 0.4) is 0 Å². The summed E-state index contributed by atoms with van der Waals surface area (Å²) < 4.78 is 19.4. The molecule has 4 rings (SSSR count). The van der Waals surface area contributed by atoms with E-state index in [0.29, 0.717) is 25.5 Å². The first-order valence-corrected chi connectivity index (χ1v) is 9.89. The van der Waals surface area contributed by atoms with Crippen LogP contribution >= 0.6 is 0 Å². The molecule has 30 heavy (non-hydrogen) atoms. The van der Waals surface area contributed by atoms with E-state index < -0.39 is 5.82 Å². The molecule has 3 aromatic rings. The number of aromatic nitrogens is 2. The molecule has 6 nitrogen and oxygen atoms in total. The van der Waals surface area contributed by atoms with Gasteiger partial charge in [-0.05, 0) is 37.6 Å². The number of halogens is 1. The van der Waals surface area contributed by atoms with Crippen LogP contribution in [0.4, 0.5) is 10.2 Å². The van der Waals surface area contributed by atoms with E-state index in [4.69, 9.17) is 4.74 Å². The predicted octanol–water partition coefficient (Wildman–Crippen LogP) is 4.07. The molecule has 1 aromatic heterocycles. The average Bonchev–Trinajstić information content (AvgIpc) is 2.75. The second-order valence-corrected chi connectivity index (χ2v) is 7.36. The number of piperazine rings is 1. The summed E-state index contributed by atoms with van der Waals surface area (Å²) in [6.45, 7) is 5.83. The molecule has 2 aromatic carbocycles. The van der Waals surface area contributed by atoms with Crippen LogP contribution in [0.5, 0.6) is 11.6 Å². The van der Waals surface area contributed by atoms with E-state index in [1.165, 1.54) is 12.4 Å². The minimum absolute atomic E-state index is 0.0109. The fourth-order valence-corrected chi connectivity index (χ4v) is 3.63. The van der Waals surface area contributed by atoms with Crippen LogP contribution in [-0.4, -0.2) is 46.5 Å². The summed E-state index contributed by atoms with van der Waals surface area (Å²) in [5.41, 5.74) is 1.71. The number of aryl methyl sites for hydroxylation is 1. The van der Waals surface area contributed by atoms with Crippen molar-refractivity contribution in [3.05, 3.63) is 77.9 Å². The van der Waals surface area contributed by atoms with E-state index in [0.717, 1.165) is 11.1 Å². The van der Waals surface area contributed by atoms with Gasteiger partial charge in [0.2, 0.25) is 5.88 Å². The largest absolute Gasteiger partial charge is 0.436 e. The molecule has 0 aliphatic carbocycles. The topological polar surface area (TPSA) is 58.6 Å². The summed E-state index contributed by atoms with van der Waals surface area (Å²) in [6.07, 6.45) is 1.40. The molecule has 2 heterocycles. The summed E-state index contributed by atoms with van der Waals surface area (Å²) in [6, 6.07) is 15.5. The van der Waals surface area contributed by atoms with Crippen LogP contribution in [0.25, 0.3) is 0 Å². The van der Waals surface area contributed by atoms with E-state index in [1.807, 2.05) is 43.0 Å². The summed E-state index contributed by atoms with van der Waals surface area (Å²) in [5.74, 6) is 0.674. The number of carbonyl (C=O) groups excluding carboxylic acids is 1. The van der Waals surface area contributed by atoms with Crippen LogP contribution < -0.4 is 9.64 Å². The predicted molar refractivity (Wildman–Crippen MR) is 112 cm³/mol. The maximum atomic E-state index is 13.9. The molecule has 0 saturated carbocycles. The fourth-order valence-electron chi connectivity index (χ4n) is 3.63. The van der Waals surface area contributed by atoms with E-state index in [9.17, 15) is 9.18 Å². The number of benzene rings is 2. The Hall–Kier alpha value is -3.48. The highest BCUT2D eigenvalue weighted by Gasteiger charge is 2.29. The maximum absolute atomic E-state index is 13.9. The lowest BCUT2D eigenvalue weighted by atomic mass is 10.1. The first-order chi connectivity index (χ1) is 14.5. The summed E-state index contributed by atoms with van der Waals surface area (Å²) in [7, 11) is 0. The molecule has 0 spiro atoms. The van der Waals surface area contributed by atoms with Gasteiger partial charge in [-0.15, -0.1) is 0 Å². The van der Waals surface area contributed by atoms with Gasteiger partial charge in [-0.3, -0.25) is 4.79 Å². The second kappa shape index (κ2) is 8.49. The number of rotatable bonds is 4. The number of hydrogen-bond donors (Lipinski definition) is 0. The molecule has 7 heteroatoms. The van der Waals surface area contributed by atoms with Gasteiger partial charge in [0.1, 0.15) is 12.1 Å². The van der Waals surface area contributed by atoms with E-state index in [-0.39, 0.29) is 23.6 Å². The Morgan fingerprint density at radius 3 is 2.63 bits per heavy atom. The zero-order chi connectivity index (χ0) is 21.1. The zero-order valence-electron chi connectivity index (χ0n) is 17.0. The van der Waals surface area contributed by atoms with Gasteiger partial charge in [0, 0.05) is 37.3 Å². The number of para-hydroxylation sites is 1. The van der Waals surface area contributed by atoms with Crippen molar-refractivity contribution < 1.29 is 13.9 Å². The lowest BCUT2D eigenvalue weighted by molar-refractivity contribution is 0.0673. The number of hydrogen-bond acceptors (Lipinski definition) is 5. The Kier molecular flexibility index (Phi) is 5.61. The Morgan fingerprint density at radius 1 is 1.10 bits per heavy atom. The molecule has 1 fully saturated rings. The van der Waals surface area contributed by atoms with Crippen molar-refractivity contribution in [2.24, 2.45) is 0 Å². The Bertz CT molecular complexity index is 1060. The monoisotopic (exact) mass is 406 g/mol. The van der Waals surface area contributed by atoms with Crippen molar-refractivity contribution >= 4 is 11.7 Å². The molecular weight excluding hydrogens is 383 g/mol. The molecule has 0 bridgehead atoms. The molecule has 0 unspecified atom stereocenters. The van der Waals surface area contributed by atoms with Crippen LogP contribution in [0.1, 0.15) is 22.8 Å². The highest BCUT2D eigenvalue weighted by molar-refractivity contribution is 5.96. The van der Waals surface area contributed by atoms with Crippen molar-refractivity contribution in [2.75, 3.05) is 24.5 Å². The summed E-state index contributed by atoms with van der Waals surface area (Å²) >= 11 is 0. The van der Waals surface area contributed by atoms with Gasteiger partial charge in [0.15, 0.2) is 11.6 Å². The van der Waals surface area contributed by atoms with E-state index in [1.54, 1.807) is 24.3 Å². The number of amides is 1. The molecule has 1 atom stereocenters. The highest BCUT2D eigenvalue weighted by atomic mass is 19.1. The first-order valence-electron chi connectivity index (χ1n) is 9.89. The first kappa shape index (κ1) is 19.8. The molecule has 1 amide bonds. The van der Waals surface area contributed by atoms with Crippen molar-refractivity contribution in [3.8, 4) is 11.6 Å². The van der Waals surface area contributed by atoms with Gasteiger partial charge >= 0.3 is 0 Å².